The van der Waals surface area contributed by atoms with E-state index >= 15 is 0 Å². The number of hydrogen-bond donors (Lipinski definition) is 0. The minimum absolute atomic E-state index is 0.00632. The SMILES string of the molecule is Cc1cc(Cl)cc2sc(N(CC3CCCO3)C(=O)Cc3ccc(Cl)s3)nc12. The number of hydrogen-bond acceptors (Lipinski definition) is 5. The van der Waals surface area contributed by atoms with E-state index in [0.29, 0.717) is 27.5 Å². The van der Waals surface area contributed by atoms with Gasteiger partial charge in [-0.05, 0) is 49.6 Å². The standard InChI is InChI=1S/C19H18Cl2N2O2S2/c1-11-7-12(20)8-15-18(11)22-19(27-15)23(10-13-3-2-6-25-13)17(24)9-14-4-5-16(21)26-14/h4-5,7-8,13H,2-3,6,9-10H2,1H3. The van der Waals surface area contributed by atoms with Crippen molar-refractivity contribution < 1.29 is 9.53 Å². The molecule has 142 valence electrons. The largest absolute Gasteiger partial charge is 0.376 e. The smallest absolute Gasteiger partial charge is 0.234 e. The van der Waals surface area contributed by atoms with E-state index in [4.69, 9.17) is 32.9 Å². The second kappa shape index (κ2) is 8.05. The molecule has 1 saturated heterocycles. The fourth-order valence-corrected chi connectivity index (χ4v) is 5.75. The fourth-order valence-electron chi connectivity index (χ4n) is 3.23. The highest BCUT2D eigenvalue weighted by molar-refractivity contribution is 7.22. The van der Waals surface area contributed by atoms with Crippen LogP contribution in [0.25, 0.3) is 10.2 Å². The van der Waals surface area contributed by atoms with Gasteiger partial charge in [-0.1, -0.05) is 34.5 Å². The molecule has 1 aliphatic heterocycles. The predicted molar refractivity (Wildman–Crippen MR) is 114 cm³/mol. The molecular formula is C19H18Cl2N2O2S2. The Hall–Kier alpha value is -1.18. The Bertz CT molecular complexity index is 979. The molecule has 1 aliphatic rings. The highest BCUT2D eigenvalue weighted by atomic mass is 35.5. The van der Waals surface area contributed by atoms with Crippen LogP contribution in [-0.4, -0.2) is 30.1 Å². The molecule has 8 heteroatoms. The van der Waals surface area contributed by atoms with Gasteiger partial charge < -0.3 is 4.74 Å². The van der Waals surface area contributed by atoms with Gasteiger partial charge in [-0.2, -0.15) is 0 Å². The van der Waals surface area contributed by atoms with E-state index < -0.39 is 0 Å². The monoisotopic (exact) mass is 440 g/mol. The van der Waals surface area contributed by atoms with Crippen LogP contribution < -0.4 is 4.90 Å². The number of nitrogens with zero attached hydrogens (tertiary/aromatic N) is 2. The number of fused-ring (bicyclic) bond motifs is 1. The first-order valence-corrected chi connectivity index (χ1v) is 11.1. The lowest BCUT2D eigenvalue weighted by Crippen LogP contribution is -2.38. The van der Waals surface area contributed by atoms with Gasteiger partial charge in [0.15, 0.2) is 5.13 Å². The number of ether oxygens (including phenoxy) is 1. The molecule has 3 aromatic rings. The number of rotatable bonds is 5. The molecule has 0 N–H and O–H groups in total. The van der Waals surface area contributed by atoms with E-state index in [-0.39, 0.29) is 12.0 Å². The van der Waals surface area contributed by atoms with Crippen LogP contribution in [0.3, 0.4) is 0 Å². The Morgan fingerprint density at radius 1 is 1.33 bits per heavy atom. The maximum atomic E-state index is 13.1. The predicted octanol–water partition coefficient (Wildman–Crippen LogP) is 5.73. The summed E-state index contributed by atoms with van der Waals surface area (Å²) in [6.45, 7) is 3.25. The summed E-state index contributed by atoms with van der Waals surface area (Å²) in [4.78, 5) is 20.6. The third-order valence-electron chi connectivity index (χ3n) is 4.54. The molecule has 27 heavy (non-hydrogen) atoms. The second-order valence-corrected chi connectivity index (χ2v) is 9.83. The summed E-state index contributed by atoms with van der Waals surface area (Å²) in [5.74, 6) is 0.00632. The van der Waals surface area contributed by atoms with Crippen molar-refractivity contribution in [1.29, 1.82) is 0 Å². The summed E-state index contributed by atoms with van der Waals surface area (Å²) in [5, 5.41) is 1.37. The van der Waals surface area contributed by atoms with Gasteiger partial charge in [-0.15, -0.1) is 11.3 Å². The number of halogens is 2. The molecule has 0 bridgehead atoms. The van der Waals surface area contributed by atoms with Gasteiger partial charge in [0, 0.05) is 16.5 Å². The number of amides is 1. The summed E-state index contributed by atoms with van der Waals surface area (Å²) >= 11 is 15.1. The Morgan fingerprint density at radius 2 is 2.19 bits per heavy atom. The number of thiazole rings is 1. The van der Waals surface area contributed by atoms with Gasteiger partial charge in [0.2, 0.25) is 5.91 Å². The Labute approximate surface area is 175 Å². The number of thiophene rings is 1. The van der Waals surface area contributed by atoms with E-state index in [0.717, 1.165) is 40.1 Å². The molecule has 1 aromatic carbocycles. The minimum atomic E-state index is 0.00632. The van der Waals surface area contributed by atoms with E-state index in [1.165, 1.54) is 22.7 Å². The fraction of sp³-hybridized carbons (Fsp3) is 0.368. The number of benzene rings is 1. The van der Waals surface area contributed by atoms with Crippen molar-refractivity contribution in [3.63, 3.8) is 0 Å². The van der Waals surface area contributed by atoms with Crippen molar-refractivity contribution in [3.05, 3.63) is 44.1 Å². The average molecular weight is 441 g/mol. The van der Waals surface area contributed by atoms with Crippen LogP contribution in [0.5, 0.6) is 0 Å². The summed E-state index contributed by atoms with van der Waals surface area (Å²) in [5.41, 5.74) is 1.90. The van der Waals surface area contributed by atoms with E-state index in [1.807, 2.05) is 31.2 Å². The normalized spacial score (nSPS) is 16.9. The van der Waals surface area contributed by atoms with Crippen LogP contribution in [-0.2, 0) is 16.0 Å². The Balaban J connectivity index is 1.66. The lowest BCUT2D eigenvalue weighted by atomic mass is 10.2. The van der Waals surface area contributed by atoms with Gasteiger partial charge in [0.25, 0.3) is 0 Å². The molecule has 0 aliphatic carbocycles. The maximum absolute atomic E-state index is 13.1. The van der Waals surface area contributed by atoms with Crippen LogP contribution in [0, 0.1) is 6.92 Å². The molecular weight excluding hydrogens is 423 g/mol. The molecule has 1 unspecified atom stereocenters. The molecule has 1 amide bonds. The average Bonchev–Trinajstić information content (AvgIpc) is 3.33. The number of anilines is 1. The van der Waals surface area contributed by atoms with Crippen LogP contribution in [0.2, 0.25) is 9.36 Å². The van der Waals surface area contributed by atoms with Crippen molar-refractivity contribution in [2.45, 2.75) is 32.3 Å². The van der Waals surface area contributed by atoms with E-state index in [1.54, 1.807) is 4.90 Å². The minimum Gasteiger partial charge on any atom is -0.376 e. The number of aryl methyl sites for hydroxylation is 1. The zero-order chi connectivity index (χ0) is 19.0. The molecule has 0 saturated carbocycles. The Kier molecular flexibility index (Phi) is 5.71. The van der Waals surface area contributed by atoms with Gasteiger partial charge in [0.05, 0.1) is 33.6 Å². The topological polar surface area (TPSA) is 42.4 Å². The lowest BCUT2D eigenvalue weighted by molar-refractivity contribution is -0.118. The number of carbonyl (C=O) groups excluding carboxylic acids is 1. The highest BCUT2D eigenvalue weighted by Gasteiger charge is 2.26. The van der Waals surface area contributed by atoms with Gasteiger partial charge in [-0.25, -0.2) is 4.98 Å². The quantitative estimate of drug-likeness (QED) is 0.508. The molecule has 3 heterocycles. The van der Waals surface area contributed by atoms with Crippen LogP contribution >= 0.6 is 45.9 Å². The van der Waals surface area contributed by atoms with Crippen molar-refractivity contribution in [2.24, 2.45) is 0 Å². The van der Waals surface area contributed by atoms with Gasteiger partial charge in [-0.3, -0.25) is 9.69 Å². The van der Waals surface area contributed by atoms with Crippen molar-refractivity contribution in [1.82, 2.24) is 4.98 Å². The third kappa shape index (κ3) is 4.30. The molecule has 4 nitrogen and oxygen atoms in total. The van der Waals surface area contributed by atoms with Crippen molar-refractivity contribution in [2.75, 3.05) is 18.1 Å². The Morgan fingerprint density at radius 3 is 2.89 bits per heavy atom. The molecule has 1 atom stereocenters. The first-order chi connectivity index (χ1) is 13.0. The van der Waals surface area contributed by atoms with Crippen LogP contribution in [0.1, 0.15) is 23.3 Å². The van der Waals surface area contributed by atoms with Crippen molar-refractivity contribution in [3.8, 4) is 0 Å². The third-order valence-corrected chi connectivity index (χ3v) is 7.01. The summed E-state index contributed by atoms with van der Waals surface area (Å²) in [6, 6.07) is 7.52. The molecule has 0 radical (unpaired) electrons. The maximum Gasteiger partial charge on any atom is 0.234 e. The first-order valence-electron chi connectivity index (χ1n) is 8.72. The van der Waals surface area contributed by atoms with Gasteiger partial charge in [0.1, 0.15) is 0 Å². The number of carbonyl (C=O) groups is 1. The zero-order valence-electron chi connectivity index (χ0n) is 14.7. The summed E-state index contributed by atoms with van der Waals surface area (Å²) < 4.78 is 7.44. The zero-order valence-corrected chi connectivity index (χ0v) is 17.9. The molecule has 2 aromatic heterocycles. The number of aromatic nitrogens is 1. The second-order valence-electron chi connectivity index (χ2n) is 6.59. The molecule has 1 fully saturated rings. The molecule has 4 rings (SSSR count). The highest BCUT2D eigenvalue weighted by Crippen LogP contribution is 2.34. The van der Waals surface area contributed by atoms with Crippen LogP contribution in [0.4, 0.5) is 5.13 Å². The summed E-state index contributed by atoms with van der Waals surface area (Å²) in [6.07, 6.45) is 2.35. The van der Waals surface area contributed by atoms with E-state index in [9.17, 15) is 4.79 Å². The van der Waals surface area contributed by atoms with E-state index in [2.05, 4.69) is 0 Å². The van der Waals surface area contributed by atoms with Crippen LogP contribution in [0.15, 0.2) is 24.3 Å². The van der Waals surface area contributed by atoms with Gasteiger partial charge >= 0.3 is 0 Å². The molecule has 0 spiro atoms. The lowest BCUT2D eigenvalue weighted by Gasteiger charge is -2.22. The first kappa shape index (κ1) is 19.2. The van der Waals surface area contributed by atoms with Crippen molar-refractivity contribution >= 4 is 67.1 Å². The summed E-state index contributed by atoms with van der Waals surface area (Å²) in [7, 11) is 0.